The topological polar surface area (TPSA) is 39.7 Å². The molecule has 0 aliphatic carbocycles. The minimum absolute atomic E-state index is 1.56. The van der Waals surface area contributed by atoms with Crippen LogP contribution in [0.1, 0.15) is 0 Å². The van der Waals surface area contributed by atoms with E-state index in [0.29, 0.717) is 0 Å². The lowest BCUT2D eigenvalue weighted by atomic mass is 11.4. The molecule has 0 radical (unpaired) electrons. The van der Waals surface area contributed by atoms with Gasteiger partial charge in [-0.25, -0.2) is 5.53 Å². The van der Waals surface area contributed by atoms with E-state index in [2.05, 4.69) is 16.1 Å². The molecule has 0 aromatic rings. The van der Waals surface area contributed by atoms with Crippen molar-refractivity contribution in [3.63, 3.8) is 0 Å². The molecular formula is CH3IN4. The fraction of sp³-hybridized carbons (Fsp3) is 0. The maximum Gasteiger partial charge on any atom is 0.126 e. The normalized spacial score (nSPS) is 20.2. The first-order valence-electron chi connectivity index (χ1n) is 1.39. The van der Waals surface area contributed by atoms with E-state index in [4.69, 9.17) is 0 Å². The first-order valence-corrected chi connectivity index (χ1v) is 2.35. The summed E-state index contributed by atoms with van der Waals surface area (Å²) in [5, 5.41) is 3.60. The Labute approximate surface area is 49.0 Å². The Balaban J connectivity index is 2.32. The van der Waals surface area contributed by atoms with Crippen LogP contribution in [0.2, 0.25) is 0 Å². The smallest absolute Gasteiger partial charge is 0.126 e. The van der Waals surface area contributed by atoms with E-state index in [-0.39, 0.29) is 0 Å². The van der Waals surface area contributed by atoms with Gasteiger partial charge in [0.1, 0.15) is 6.34 Å². The lowest BCUT2D eigenvalue weighted by molar-refractivity contribution is 0.399. The van der Waals surface area contributed by atoms with Gasteiger partial charge in [-0.2, -0.15) is 5.10 Å². The summed E-state index contributed by atoms with van der Waals surface area (Å²) in [7, 11) is 0. The molecule has 5 heteroatoms. The van der Waals surface area contributed by atoms with E-state index in [1.54, 1.807) is 9.67 Å². The lowest BCUT2D eigenvalue weighted by Gasteiger charge is -1.99. The van der Waals surface area contributed by atoms with Crippen molar-refractivity contribution >= 4 is 29.2 Å². The molecule has 0 spiro atoms. The van der Waals surface area contributed by atoms with Crippen LogP contribution < -0.4 is 11.0 Å². The fourth-order valence-electron chi connectivity index (χ4n) is 0.188. The third kappa shape index (κ3) is 0.716. The molecule has 1 heterocycles. The quantitative estimate of drug-likeness (QED) is 0.411. The van der Waals surface area contributed by atoms with Crippen molar-refractivity contribution in [2.24, 2.45) is 5.10 Å². The number of hydrogen-bond acceptors (Lipinski definition) is 4. The highest BCUT2D eigenvalue weighted by molar-refractivity contribution is 14.1. The van der Waals surface area contributed by atoms with Crippen molar-refractivity contribution in [3.05, 3.63) is 0 Å². The minimum Gasteiger partial charge on any atom is -0.279 e. The van der Waals surface area contributed by atoms with E-state index in [1.807, 2.05) is 22.9 Å². The zero-order valence-corrected chi connectivity index (χ0v) is 5.01. The molecule has 34 valence electrons. The monoisotopic (exact) mass is 198 g/mol. The molecule has 0 unspecified atom stereocenters. The number of nitrogens with zero attached hydrogens (tertiary/aromatic N) is 2. The summed E-state index contributed by atoms with van der Waals surface area (Å²) >= 11 is 2.02. The fourth-order valence-corrected chi connectivity index (χ4v) is 0.437. The van der Waals surface area contributed by atoms with Crippen molar-refractivity contribution in [1.29, 1.82) is 0 Å². The highest BCUT2D eigenvalue weighted by atomic mass is 127. The van der Waals surface area contributed by atoms with Gasteiger partial charge in [0.15, 0.2) is 0 Å². The molecule has 0 atom stereocenters. The molecule has 0 amide bonds. The summed E-state index contributed by atoms with van der Waals surface area (Å²) in [6, 6.07) is 0. The standard InChI is InChI=1S/CH3IN4/c2-6-4-1-3-5-6/h1,5H,(H,3,4). The molecule has 0 aromatic carbocycles. The maximum absolute atomic E-state index is 3.60. The van der Waals surface area contributed by atoms with Gasteiger partial charge in [0, 0.05) is 0 Å². The van der Waals surface area contributed by atoms with Crippen LogP contribution in [0.3, 0.4) is 0 Å². The second-order valence-electron chi connectivity index (χ2n) is 0.768. The predicted octanol–water partition coefficient (Wildman–Crippen LogP) is -0.395. The average Bonchev–Trinajstić information content (AvgIpc) is 1.86. The van der Waals surface area contributed by atoms with Gasteiger partial charge in [0.2, 0.25) is 0 Å². The molecule has 0 saturated heterocycles. The van der Waals surface area contributed by atoms with Crippen LogP contribution in [0.25, 0.3) is 0 Å². The third-order valence-corrected chi connectivity index (χ3v) is 0.875. The molecule has 1 aliphatic heterocycles. The summed E-state index contributed by atoms with van der Waals surface area (Å²) in [6.45, 7) is 0. The number of hydrogen-bond donors (Lipinski definition) is 2. The highest BCUT2D eigenvalue weighted by Crippen LogP contribution is 1.87. The molecular weight excluding hydrogens is 195 g/mol. The molecule has 0 saturated carbocycles. The van der Waals surface area contributed by atoms with Crippen molar-refractivity contribution in [2.45, 2.75) is 0 Å². The number of rotatable bonds is 0. The molecule has 0 bridgehead atoms. The number of halogens is 1. The second kappa shape index (κ2) is 1.61. The summed E-state index contributed by atoms with van der Waals surface area (Å²) in [5.41, 5.74) is 5.33. The first kappa shape index (κ1) is 4.13. The third-order valence-electron chi connectivity index (χ3n) is 0.381. The minimum atomic E-state index is 1.56. The summed E-state index contributed by atoms with van der Waals surface area (Å²) in [6.07, 6.45) is 1.56. The van der Waals surface area contributed by atoms with E-state index in [1.165, 1.54) is 0 Å². The molecule has 1 rings (SSSR count). The van der Waals surface area contributed by atoms with Crippen LogP contribution in [-0.2, 0) is 0 Å². The van der Waals surface area contributed by atoms with E-state index < -0.39 is 0 Å². The Morgan fingerprint density at radius 1 is 1.83 bits per heavy atom. The summed E-state index contributed by atoms with van der Waals surface area (Å²) in [5.74, 6) is 0. The van der Waals surface area contributed by atoms with Crippen LogP contribution in [-0.4, -0.2) is 9.67 Å². The van der Waals surface area contributed by atoms with E-state index in [0.717, 1.165) is 0 Å². The van der Waals surface area contributed by atoms with Gasteiger partial charge in [-0.3, -0.25) is 5.43 Å². The molecule has 4 nitrogen and oxygen atoms in total. The van der Waals surface area contributed by atoms with Crippen molar-refractivity contribution in [1.82, 2.24) is 14.3 Å². The Bertz CT molecular complexity index is 61.9. The summed E-state index contributed by atoms with van der Waals surface area (Å²) < 4.78 is 1.61. The maximum atomic E-state index is 3.60. The Hall–Kier alpha value is -0.0400. The summed E-state index contributed by atoms with van der Waals surface area (Å²) in [4.78, 5) is 0. The van der Waals surface area contributed by atoms with E-state index >= 15 is 0 Å². The van der Waals surface area contributed by atoms with Gasteiger partial charge >= 0.3 is 0 Å². The van der Waals surface area contributed by atoms with Crippen molar-refractivity contribution in [2.75, 3.05) is 0 Å². The van der Waals surface area contributed by atoms with Gasteiger partial charge < -0.3 is 0 Å². The van der Waals surface area contributed by atoms with Gasteiger partial charge in [-0.1, -0.05) is 3.33 Å². The van der Waals surface area contributed by atoms with Crippen LogP contribution >= 0.6 is 22.9 Å². The van der Waals surface area contributed by atoms with Crippen LogP contribution in [0.5, 0.6) is 0 Å². The molecule has 0 fully saturated rings. The molecule has 0 aromatic heterocycles. The first-order chi connectivity index (χ1) is 2.89. The highest BCUT2D eigenvalue weighted by Gasteiger charge is 1.94. The van der Waals surface area contributed by atoms with Crippen LogP contribution in [0.4, 0.5) is 0 Å². The average molecular weight is 198 g/mol. The zero-order chi connectivity index (χ0) is 4.41. The van der Waals surface area contributed by atoms with Gasteiger partial charge in [0.05, 0.1) is 22.9 Å². The number of hydrazone groups is 1. The van der Waals surface area contributed by atoms with E-state index in [9.17, 15) is 0 Å². The second-order valence-corrected chi connectivity index (χ2v) is 1.73. The van der Waals surface area contributed by atoms with Gasteiger partial charge in [-0.15, -0.1) is 0 Å². The van der Waals surface area contributed by atoms with Crippen molar-refractivity contribution in [3.8, 4) is 0 Å². The molecule has 6 heavy (non-hydrogen) atoms. The van der Waals surface area contributed by atoms with Crippen LogP contribution in [0, 0.1) is 0 Å². The Morgan fingerprint density at radius 2 is 2.67 bits per heavy atom. The number of nitrogens with one attached hydrogen (secondary N) is 2. The number of hydrazine groups is 2. The Morgan fingerprint density at radius 3 is 2.83 bits per heavy atom. The SMILES string of the molecule is IN1NC=NN1. The molecule has 2 N–H and O–H groups in total. The predicted molar refractivity (Wildman–Crippen MR) is 30.6 cm³/mol. The molecule has 1 aliphatic rings. The zero-order valence-electron chi connectivity index (χ0n) is 2.85. The lowest BCUT2D eigenvalue weighted by Crippen LogP contribution is -2.28. The van der Waals surface area contributed by atoms with Crippen LogP contribution in [0.15, 0.2) is 5.10 Å². The van der Waals surface area contributed by atoms with Gasteiger partial charge in [-0.05, 0) is 0 Å². The van der Waals surface area contributed by atoms with Gasteiger partial charge in [0.25, 0.3) is 0 Å². The largest absolute Gasteiger partial charge is 0.279 e. The Kier molecular flexibility index (Phi) is 1.10. The van der Waals surface area contributed by atoms with Crippen molar-refractivity contribution < 1.29 is 0 Å².